The first-order valence-electron chi connectivity index (χ1n) is 13.4. The Hall–Kier alpha value is -4.10. The number of nitrogens with zero attached hydrogens (tertiary/aromatic N) is 2. The number of Topliss-reactive ketones (excluding diaryl/α,β-unsaturated/α-hetero) is 1. The Labute approximate surface area is 230 Å². The zero-order chi connectivity index (χ0) is 27.9. The Kier molecular flexibility index (Phi) is 9.04. The standard InChI is InChI=1S/C32H36N2O5/c1-4-33(5-2)19-6-20-34-29(24-11-15-26(35)16-12-24)28(31(37)32(34)38)30(36)25-13-17-27(18-14-25)39-21-23-9-7-22(3)8-10-23/h7-18,29,35-36H,4-6,19-21H2,1-3H3. The molecule has 1 amide bonds. The Morgan fingerprint density at radius 3 is 2.18 bits per heavy atom. The number of aromatic hydroxyl groups is 1. The van der Waals surface area contributed by atoms with Gasteiger partial charge in [-0.1, -0.05) is 55.8 Å². The Morgan fingerprint density at radius 2 is 1.56 bits per heavy atom. The predicted molar refractivity (Wildman–Crippen MR) is 151 cm³/mol. The summed E-state index contributed by atoms with van der Waals surface area (Å²) >= 11 is 0. The molecule has 7 heteroatoms. The lowest BCUT2D eigenvalue weighted by Gasteiger charge is -2.26. The van der Waals surface area contributed by atoms with Gasteiger partial charge >= 0.3 is 0 Å². The van der Waals surface area contributed by atoms with Gasteiger partial charge in [0, 0.05) is 12.1 Å². The normalized spacial score (nSPS) is 16.7. The largest absolute Gasteiger partial charge is 0.508 e. The number of benzene rings is 3. The van der Waals surface area contributed by atoms with Crippen LogP contribution in [0.1, 0.15) is 48.6 Å². The van der Waals surface area contributed by atoms with Crippen LogP contribution in [0.25, 0.3) is 5.76 Å². The van der Waals surface area contributed by atoms with E-state index in [1.54, 1.807) is 36.4 Å². The number of aliphatic hydroxyl groups excluding tert-OH is 1. The summed E-state index contributed by atoms with van der Waals surface area (Å²) in [6, 6.07) is 20.6. The lowest BCUT2D eigenvalue weighted by Crippen LogP contribution is -2.33. The Bertz CT molecular complexity index is 1310. The van der Waals surface area contributed by atoms with Gasteiger partial charge in [0.1, 0.15) is 23.9 Å². The highest BCUT2D eigenvalue weighted by Gasteiger charge is 2.45. The van der Waals surface area contributed by atoms with Crippen molar-refractivity contribution in [1.29, 1.82) is 0 Å². The molecule has 0 saturated carbocycles. The summed E-state index contributed by atoms with van der Waals surface area (Å²) in [6.07, 6.45) is 0.691. The number of carbonyl (C=O) groups is 2. The SMILES string of the molecule is CCN(CC)CCCN1C(=O)C(=O)C(=C(O)c2ccc(OCc3ccc(C)cc3)cc2)C1c1ccc(O)cc1. The predicted octanol–water partition coefficient (Wildman–Crippen LogP) is 5.43. The maximum absolute atomic E-state index is 13.2. The average molecular weight is 529 g/mol. The van der Waals surface area contributed by atoms with Gasteiger partial charge in [-0.15, -0.1) is 0 Å². The molecule has 0 spiro atoms. The van der Waals surface area contributed by atoms with Crippen molar-refractivity contribution in [3.63, 3.8) is 0 Å². The van der Waals surface area contributed by atoms with Crippen LogP contribution in [0.2, 0.25) is 0 Å². The van der Waals surface area contributed by atoms with E-state index in [0.29, 0.717) is 36.4 Å². The van der Waals surface area contributed by atoms with E-state index in [4.69, 9.17) is 4.74 Å². The third-order valence-corrected chi connectivity index (χ3v) is 7.17. The smallest absolute Gasteiger partial charge is 0.295 e. The minimum absolute atomic E-state index is 0.0434. The minimum Gasteiger partial charge on any atom is -0.508 e. The van der Waals surface area contributed by atoms with E-state index in [0.717, 1.165) is 25.2 Å². The topological polar surface area (TPSA) is 90.3 Å². The molecule has 1 fully saturated rings. The van der Waals surface area contributed by atoms with Gasteiger partial charge in [-0.2, -0.15) is 0 Å². The summed E-state index contributed by atoms with van der Waals surface area (Å²) in [5.74, 6) is -0.874. The number of hydrogen-bond donors (Lipinski definition) is 2. The molecule has 1 atom stereocenters. The first-order chi connectivity index (χ1) is 18.8. The molecule has 1 saturated heterocycles. The summed E-state index contributed by atoms with van der Waals surface area (Å²) < 4.78 is 5.88. The molecule has 1 aliphatic heterocycles. The van der Waals surface area contributed by atoms with Crippen LogP contribution in [0.15, 0.2) is 78.4 Å². The first kappa shape index (κ1) is 27.9. The van der Waals surface area contributed by atoms with Crippen molar-refractivity contribution in [3.05, 3.63) is 101 Å². The molecule has 0 aromatic heterocycles. The molecular formula is C32H36N2O5. The molecule has 7 nitrogen and oxygen atoms in total. The fourth-order valence-corrected chi connectivity index (χ4v) is 4.83. The van der Waals surface area contributed by atoms with E-state index in [9.17, 15) is 19.8 Å². The summed E-state index contributed by atoms with van der Waals surface area (Å²) in [4.78, 5) is 30.2. The summed E-state index contributed by atoms with van der Waals surface area (Å²) in [7, 11) is 0. The van der Waals surface area contributed by atoms with Gasteiger partial charge in [0.15, 0.2) is 0 Å². The molecule has 1 aliphatic rings. The second kappa shape index (κ2) is 12.6. The lowest BCUT2D eigenvalue weighted by molar-refractivity contribution is -0.140. The van der Waals surface area contributed by atoms with Crippen LogP contribution >= 0.6 is 0 Å². The zero-order valence-corrected chi connectivity index (χ0v) is 22.8. The molecule has 204 valence electrons. The van der Waals surface area contributed by atoms with Crippen molar-refractivity contribution in [2.24, 2.45) is 0 Å². The quantitative estimate of drug-likeness (QED) is 0.196. The van der Waals surface area contributed by atoms with Gasteiger partial charge in [0.25, 0.3) is 11.7 Å². The van der Waals surface area contributed by atoms with Crippen LogP contribution in [-0.2, 0) is 16.2 Å². The maximum Gasteiger partial charge on any atom is 0.295 e. The highest BCUT2D eigenvalue weighted by Crippen LogP contribution is 2.40. The molecule has 1 unspecified atom stereocenters. The summed E-state index contributed by atoms with van der Waals surface area (Å²) in [5.41, 5.74) is 3.33. The molecule has 0 radical (unpaired) electrons. The lowest BCUT2D eigenvalue weighted by atomic mass is 9.95. The third-order valence-electron chi connectivity index (χ3n) is 7.17. The van der Waals surface area contributed by atoms with Gasteiger partial charge in [0.2, 0.25) is 0 Å². The van der Waals surface area contributed by atoms with Crippen molar-refractivity contribution < 1.29 is 24.5 Å². The summed E-state index contributed by atoms with van der Waals surface area (Å²) in [6.45, 7) is 9.59. The third kappa shape index (κ3) is 6.49. The molecule has 3 aromatic carbocycles. The Balaban J connectivity index is 1.60. The van der Waals surface area contributed by atoms with Crippen LogP contribution in [0.3, 0.4) is 0 Å². The van der Waals surface area contributed by atoms with Crippen LogP contribution < -0.4 is 4.74 Å². The van der Waals surface area contributed by atoms with E-state index in [1.165, 1.54) is 22.6 Å². The van der Waals surface area contributed by atoms with Gasteiger partial charge < -0.3 is 24.7 Å². The molecular weight excluding hydrogens is 492 g/mol. The average Bonchev–Trinajstić information content (AvgIpc) is 3.20. The number of ether oxygens (including phenoxy) is 1. The molecule has 4 rings (SSSR count). The van der Waals surface area contributed by atoms with E-state index >= 15 is 0 Å². The van der Waals surface area contributed by atoms with Gasteiger partial charge in [-0.3, -0.25) is 9.59 Å². The van der Waals surface area contributed by atoms with Crippen molar-refractivity contribution in [1.82, 2.24) is 9.80 Å². The molecule has 2 N–H and O–H groups in total. The number of amides is 1. The number of carbonyl (C=O) groups excluding carboxylic acids is 2. The monoisotopic (exact) mass is 528 g/mol. The highest BCUT2D eigenvalue weighted by molar-refractivity contribution is 6.46. The van der Waals surface area contributed by atoms with Crippen LogP contribution in [0.4, 0.5) is 0 Å². The van der Waals surface area contributed by atoms with Crippen molar-refractivity contribution in [3.8, 4) is 11.5 Å². The number of phenolic OH excluding ortho intramolecular Hbond substituents is 1. The summed E-state index contributed by atoms with van der Waals surface area (Å²) in [5, 5.41) is 21.1. The van der Waals surface area contributed by atoms with Gasteiger partial charge in [-0.05, 0) is 80.5 Å². The van der Waals surface area contributed by atoms with Crippen molar-refractivity contribution >= 4 is 17.4 Å². The number of hydrogen-bond acceptors (Lipinski definition) is 6. The van der Waals surface area contributed by atoms with Gasteiger partial charge in [0.05, 0.1) is 11.6 Å². The second-order valence-electron chi connectivity index (χ2n) is 9.76. The highest BCUT2D eigenvalue weighted by atomic mass is 16.5. The second-order valence-corrected chi connectivity index (χ2v) is 9.76. The van der Waals surface area contributed by atoms with Crippen LogP contribution in [0.5, 0.6) is 11.5 Å². The molecule has 1 heterocycles. The Morgan fingerprint density at radius 1 is 0.923 bits per heavy atom. The fourth-order valence-electron chi connectivity index (χ4n) is 4.83. The molecule has 0 bridgehead atoms. The zero-order valence-electron chi connectivity index (χ0n) is 22.8. The van der Waals surface area contributed by atoms with E-state index in [1.807, 2.05) is 31.2 Å². The van der Waals surface area contributed by atoms with Gasteiger partial charge in [-0.25, -0.2) is 0 Å². The first-order valence-corrected chi connectivity index (χ1v) is 13.4. The minimum atomic E-state index is -0.750. The fraction of sp³-hybridized carbons (Fsp3) is 0.312. The van der Waals surface area contributed by atoms with E-state index in [-0.39, 0.29) is 17.1 Å². The number of ketones is 1. The van der Waals surface area contributed by atoms with E-state index in [2.05, 4.69) is 18.7 Å². The molecule has 0 aliphatic carbocycles. The van der Waals surface area contributed by atoms with Crippen LogP contribution in [0, 0.1) is 6.92 Å². The van der Waals surface area contributed by atoms with E-state index < -0.39 is 17.7 Å². The number of aryl methyl sites for hydroxylation is 1. The number of rotatable bonds is 11. The van der Waals surface area contributed by atoms with Crippen LogP contribution in [-0.4, -0.2) is 57.9 Å². The maximum atomic E-state index is 13.2. The van der Waals surface area contributed by atoms with Crippen molar-refractivity contribution in [2.45, 2.75) is 39.8 Å². The number of likely N-dealkylation sites (tertiary alicyclic amines) is 1. The number of aliphatic hydroxyl groups is 1. The number of phenols is 1. The molecule has 3 aromatic rings. The molecule has 39 heavy (non-hydrogen) atoms. The van der Waals surface area contributed by atoms with Crippen molar-refractivity contribution in [2.75, 3.05) is 26.2 Å².